The van der Waals surface area contributed by atoms with Gasteiger partial charge in [-0.25, -0.2) is 9.59 Å². The van der Waals surface area contributed by atoms with Gasteiger partial charge in [0.05, 0.1) is 6.61 Å². The molecule has 0 aromatic heterocycles. The molecule has 3 N–H and O–H groups in total. The van der Waals surface area contributed by atoms with E-state index in [2.05, 4.69) is 5.73 Å². The van der Waals surface area contributed by atoms with Gasteiger partial charge in [-0.05, 0) is 6.42 Å². The summed E-state index contributed by atoms with van der Waals surface area (Å²) < 4.78 is 4.72. The first-order valence-corrected chi connectivity index (χ1v) is 4.51. The minimum atomic E-state index is -0.969. The molecule has 0 saturated heterocycles. The van der Waals surface area contributed by atoms with Gasteiger partial charge in [0, 0.05) is 12.2 Å². The number of nitrogens with two attached hydrogens (primary N) is 1. The van der Waals surface area contributed by atoms with Crippen molar-refractivity contribution in [3.8, 4) is 0 Å². The molecule has 84 valence electrons. The average molecular weight is 214 g/mol. The van der Waals surface area contributed by atoms with Crippen LogP contribution in [0.5, 0.6) is 0 Å². The minimum absolute atomic E-state index is 0.317. The van der Waals surface area contributed by atoms with Crippen molar-refractivity contribution in [2.24, 2.45) is 5.73 Å². The number of carbonyl (C=O) groups is 3. The van der Waals surface area contributed by atoms with Crippen LogP contribution in [-0.4, -0.2) is 24.5 Å². The summed E-state index contributed by atoms with van der Waals surface area (Å²) in [6, 6.07) is -0.969. The molecule has 0 aliphatic heterocycles. The molecular weight excluding hydrogens is 200 g/mol. The van der Waals surface area contributed by atoms with Crippen molar-refractivity contribution in [1.29, 1.82) is 0 Å². The van der Waals surface area contributed by atoms with Crippen molar-refractivity contribution in [2.45, 2.75) is 19.8 Å². The standard InChI is InChI=1S/C9H14N2O4/c1-2-3-6-15-8(13)5-4-7(12)11-9(10)14/h4-5H,2-3,6H2,1H3,(H3,10,11,12,14)/b5-4+. The molecule has 0 aromatic carbocycles. The first kappa shape index (κ1) is 13.2. The molecule has 0 fully saturated rings. The van der Waals surface area contributed by atoms with Crippen LogP contribution in [0.2, 0.25) is 0 Å². The van der Waals surface area contributed by atoms with Gasteiger partial charge in [0.2, 0.25) is 0 Å². The maximum atomic E-state index is 10.9. The number of hydrogen-bond acceptors (Lipinski definition) is 4. The molecule has 6 heteroatoms. The van der Waals surface area contributed by atoms with Gasteiger partial charge in [0.25, 0.3) is 5.91 Å². The number of amides is 3. The number of ether oxygens (including phenoxy) is 1. The summed E-state index contributed by atoms with van der Waals surface area (Å²) in [7, 11) is 0. The Hall–Kier alpha value is -1.85. The summed E-state index contributed by atoms with van der Waals surface area (Å²) in [5, 5.41) is 1.77. The fourth-order valence-corrected chi connectivity index (χ4v) is 0.672. The first-order valence-electron chi connectivity index (χ1n) is 4.51. The monoisotopic (exact) mass is 214 g/mol. The third kappa shape index (κ3) is 8.48. The highest BCUT2D eigenvalue weighted by molar-refractivity contribution is 6.02. The van der Waals surface area contributed by atoms with Crippen LogP contribution < -0.4 is 11.1 Å². The van der Waals surface area contributed by atoms with Crippen LogP contribution in [0.3, 0.4) is 0 Å². The highest BCUT2D eigenvalue weighted by Gasteiger charge is 2.01. The average Bonchev–Trinajstić information content (AvgIpc) is 2.14. The van der Waals surface area contributed by atoms with Crippen molar-refractivity contribution in [2.75, 3.05) is 6.61 Å². The van der Waals surface area contributed by atoms with Crippen molar-refractivity contribution in [3.63, 3.8) is 0 Å². The second kappa shape index (κ2) is 7.54. The molecule has 0 aromatic rings. The third-order valence-electron chi connectivity index (χ3n) is 1.36. The smallest absolute Gasteiger partial charge is 0.330 e. The van der Waals surface area contributed by atoms with Crippen LogP contribution in [0.25, 0.3) is 0 Å². The van der Waals surface area contributed by atoms with Crippen molar-refractivity contribution in [1.82, 2.24) is 5.32 Å². The quantitative estimate of drug-likeness (QED) is 0.384. The van der Waals surface area contributed by atoms with E-state index in [1.54, 1.807) is 5.32 Å². The fourth-order valence-electron chi connectivity index (χ4n) is 0.672. The van der Waals surface area contributed by atoms with Gasteiger partial charge in [-0.2, -0.15) is 0 Å². The summed E-state index contributed by atoms with van der Waals surface area (Å²) in [6.45, 7) is 2.28. The number of nitrogens with one attached hydrogen (secondary N) is 1. The molecule has 0 heterocycles. The van der Waals surface area contributed by atoms with E-state index in [1.807, 2.05) is 6.92 Å². The van der Waals surface area contributed by atoms with E-state index >= 15 is 0 Å². The van der Waals surface area contributed by atoms with Crippen LogP contribution in [0, 0.1) is 0 Å². The number of unbranched alkanes of at least 4 members (excludes halogenated alkanes) is 1. The Bertz CT molecular complexity index is 273. The van der Waals surface area contributed by atoms with E-state index in [0.29, 0.717) is 6.61 Å². The predicted octanol–water partition coefficient (Wildman–Crippen LogP) is 0.0808. The lowest BCUT2D eigenvalue weighted by Crippen LogP contribution is -2.33. The summed E-state index contributed by atoms with van der Waals surface area (Å²) >= 11 is 0. The molecule has 0 atom stereocenters. The van der Waals surface area contributed by atoms with E-state index in [4.69, 9.17) is 4.74 Å². The van der Waals surface area contributed by atoms with Gasteiger partial charge in [0.15, 0.2) is 0 Å². The van der Waals surface area contributed by atoms with Crippen LogP contribution in [0.4, 0.5) is 4.79 Å². The molecule has 0 spiro atoms. The zero-order valence-electron chi connectivity index (χ0n) is 8.49. The van der Waals surface area contributed by atoms with E-state index in [-0.39, 0.29) is 0 Å². The zero-order chi connectivity index (χ0) is 11.7. The number of urea groups is 1. The number of hydrogen-bond donors (Lipinski definition) is 2. The Morgan fingerprint density at radius 3 is 2.53 bits per heavy atom. The second-order valence-electron chi connectivity index (χ2n) is 2.71. The topological polar surface area (TPSA) is 98.5 Å². The normalized spacial score (nSPS) is 9.93. The predicted molar refractivity (Wildman–Crippen MR) is 52.7 cm³/mol. The van der Waals surface area contributed by atoms with Crippen molar-refractivity contribution in [3.05, 3.63) is 12.2 Å². The third-order valence-corrected chi connectivity index (χ3v) is 1.36. The Labute approximate surface area is 87.5 Å². The molecule has 15 heavy (non-hydrogen) atoms. The molecule has 0 bridgehead atoms. The van der Waals surface area contributed by atoms with Gasteiger partial charge in [-0.15, -0.1) is 0 Å². The number of imide groups is 1. The van der Waals surface area contributed by atoms with Gasteiger partial charge in [-0.3, -0.25) is 10.1 Å². The number of rotatable bonds is 5. The van der Waals surface area contributed by atoms with Gasteiger partial charge in [0.1, 0.15) is 0 Å². The number of esters is 1. The molecule has 0 unspecified atom stereocenters. The summed E-state index contributed by atoms with van der Waals surface area (Å²) in [5.74, 6) is -1.38. The number of carbonyl (C=O) groups excluding carboxylic acids is 3. The van der Waals surface area contributed by atoms with Gasteiger partial charge >= 0.3 is 12.0 Å². The summed E-state index contributed by atoms with van der Waals surface area (Å²) in [5.41, 5.74) is 4.68. The first-order chi connectivity index (χ1) is 7.06. The molecule has 3 amide bonds. The van der Waals surface area contributed by atoms with Crippen LogP contribution in [0.15, 0.2) is 12.2 Å². The largest absolute Gasteiger partial charge is 0.463 e. The Morgan fingerprint density at radius 2 is 2.00 bits per heavy atom. The lowest BCUT2D eigenvalue weighted by atomic mass is 10.4. The molecule has 0 aliphatic carbocycles. The highest BCUT2D eigenvalue weighted by Crippen LogP contribution is 1.89. The maximum absolute atomic E-state index is 10.9. The van der Waals surface area contributed by atoms with Gasteiger partial charge in [-0.1, -0.05) is 13.3 Å². The SMILES string of the molecule is CCCCOC(=O)/C=C/C(=O)NC(N)=O. The highest BCUT2D eigenvalue weighted by atomic mass is 16.5. The fraction of sp³-hybridized carbons (Fsp3) is 0.444. The van der Waals surface area contributed by atoms with Crippen LogP contribution in [0.1, 0.15) is 19.8 Å². The molecule has 0 radical (unpaired) electrons. The molecule has 0 rings (SSSR count). The lowest BCUT2D eigenvalue weighted by Gasteiger charge is -1.98. The summed E-state index contributed by atoms with van der Waals surface area (Å²) in [6.07, 6.45) is 3.51. The van der Waals surface area contributed by atoms with E-state index < -0.39 is 17.9 Å². The van der Waals surface area contributed by atoms with Crippen LogP contribution >= 0.6 is 0 Å². The van der Waals surface area contributed by atoms with Crippen molar-refractivity contribution >= 4 is 17.9 Å². The number of primary amides is 1. The van der Waals surface area contributed by atoms with Gasteiger partial charge < -0.3 is 10.5 Å². The summed E-state index contributed by atoms with van der Waals surface area (Å²) in [4.78, 5) is 31.9. The Kier molecular flexibility index (Phi) is 6.61. The second-order valence-corrected chi connectivity index (χ2v) is 2.71. The zero-order valence-corrected chi connectivity index (χ0v) is 8.49. The van der Waals surface area contributed by atoms with E-state index in [9.17, 15) is 14.4 Å². The van der Waals surface area contributed by atoms with Crippen LogP contribution in [-0.2, 0) is 14.3 Å². The maximum Gasteiger partial charge on any atom is 0.330 e. The molecule has 6 nitrogen and oxygen atoms in total. The molecular formula is C9H14N2O4. The lowest BCUT2D eigenvalue weighted by molar-refractivity contribution is -0.138. The minimum Gasteiger partial charge on any atom is -0.463 e. The van der Waals surface area contributed by atoms with Crippen molar-refractivity contribution < 1.29 is 19.1 Å². The van der Waals surface area contributed by atoms with E-state index in [0.717, 1.165) is 25.0 Å². The molecule has 0 aliphatic rings. The Balaban J connectivity index is 3.79. The molecule has 0 saturated carbocycles. The van der Waals surface area contributed by atoms with E-state index in [1.165, 1.54) is 0 Å². The Morgan fingerprint density at radius 1 is 1.33 bits per heavy atom.